The molecule has 0 unspecified atom stereocenters. The summed E-state index contributed by atoms with van der Waals surface area (Å²) in [5.41, 5.74) is 6.52. The molecule has 1 aliphatic rings. The minimum absolute atomic E-state index is 0.0226. The molecule has 0 bridgehead atoms. The minimum Gasteiger partial charge on any atom is -0.485 e. The average Bonchev–Trinajstić information content (AvgIpc) is 2.16. The number of nitrogens with zero attached hydrogens (tertiary/aromatic N) is 1. The molecule has 5 nitrogen and oxygen atoms in total. The summed E-state index contributed by atoms with van der Waals surface area (Å²) in [6.07, 6.45) is 0.636. The predicted molar refractivity (Wildman–Crippen MR) is 50.3 cm³/mol. The smallest absolute Gasteiger partial charge is 0.311 e. The van der Waals surface area contributed by atoms with Gasteiger partial charge in [0.05, 0.1) is 4.92 Å². The molecule has 0 fully saturated rings. The summed E-state index contributed by atoms with van der Waals surface area (Å²) < 4.78 is 5.26. The Morgan fingerprint density at radius 3 is 3.07 bits per heavy atom. The Balaban J connectivity index is 2.46. The van der Waals surface area contributed by atoms with E-state index in [1.54, 1.807) is 12.1 Å². The van der Waals surface area contributed by atoms with Crippen LogP contribution in [-0.4, -0.2) is 17.6 Å². The lowest BCUT2D eigenvalue weighted by molar-refractivity contribution is -0.386. The van der Waals surface area contributed by atoms with Crippen molar-refractivity contribution in [2.45, 2.75) is 12.5 Å². The van der Waals surface area contributed by atoms with Gasteiger partial charge in [-0.05, 0) is 6.42 Å². The Morgan fingerprint density at radius 1 is 1.57 bits per heavy atom. The molecule has 1 atom stereocenters. The van der Waals surface area contributed by atoms with Crippen molar-refractivity contribution in [2.24, 2.45) is 5.73 Å². The Hall–Kier alpha value is -1.62. The van der Waals surface area contributed by atoms with Crippen LogP contribution in [0.25, 0.3) is 0 Å². The van der Waals surface area contributed by atoms with Crippen molar-refractivity contribution in [1.29, 1.82) is 0 Å². The van der Waals surface area contributed by atoms with E-state index in [4.69, 9.17) is 10.5 Å². The van der Waals surface area contributed by atoms with Crippen LogP contribution in [0, 0.1) is 10.1 Å². The first kappa shape index (κ1) is 8.96. The van der Waals surface area contributed by atoms with E-state index in [2.05, 4.69) is 0 Å². The van der Waals surface area contributed by atoms with Gasteiger partial charge >= 0.3 is 5.69 Å². The number of nitro groups is 1. The molecule has 1 aromatic rings. The second-order valence-corrected chi connectivity index (χ2v) is 3.30. The molecule has 74 valence electrons. The maximum absolute atomic E-state index is 10.6. The normalized spacial score (nSPS) is 19.6. The second kappa shape index (κ2) is 3.26. The predicted octanol–water partition coefficient (Wildman–Crippen LogP) is 0.857. The first-order valence-corrected chi connectivity index (χ1v) is 4.33. The number of hydrogen-bond acceptors (Lipinski definition) is 4. The number of para-hydroxylation sites is 1. The van der Waals surface area contributed by atoms with E-state index in [1.807, 2.05) is 0 Å². The molecule has 0 radical (unpaired) electrons. The average molecular weight is 194 g/mol. The molecule has 1 aliphatic heterocycles. The molecule has 5 heteroatoms. The monoisotopic (exact) mass is 194 g/mol. The maximum atomic E-state index is 10.6. The van der Waals surface area contributed by atoms with Crippen molar-refractivity contribution in [1.82, 2.24) is 0 Å². The van der Waals surface area contributed by atoms with Gasteiger partial charge in [-0.15, -0.1) is 0 Å². The van der Waals surface area contributed by atoms with Crippen LogP contribution in [0.15, 0.2) is 18.2 Å². The Morgan fingerprint density at radius 2 is 2.36 bits per heavy atom. The summed E-state index contributed by atoms with van der Waals surface area (Å²) in [5.74, 6) is 0.374. The lowest BCUT2D eigenvalue weighted by atomic mass is 10.0. The van der Waals surface area contributed by atoms with Crippen LogP contribution in [-0.2, 0) is 6.42 Å². The molecule has 0 aromatic heterocycles. The lowest BCUT2D eigenvalue weighted by Crippen LogP contribution is -2.34. The van der Waals surface area contributed by atoms with Crippen molar-refractivity contribution >= 4 is 5.69 Å². The van der Waals surface area contributed by atoms with Gasteiger partial charge in [-0.2, -0.15) is 0 Å². The Labute approximate surface area is 80.6 Å². The quantitative estimate of drug-likeness (QED) is 0.531. The van der Waals surface area contributed by atoms with Gasteiger partial charge in [-0.3, -0.25) is 10.1 Å². The van der Waals surface area contributed by atoms with Crippen molar-refractivity contribution < 1.29 is 9.66 Å². The Kier molecular flexibility index (Phi) is 2.09. The third kappa shape index (κ3) is 1.42. The highest BCUT2D eigenvalue weighted by Gasteiger charge is 2.24. The largest absolute Gasteiger partial charge is 0.485 e. The highest BCUT2D eigenvalue weighted by atomic mass is 16.6. The number of fused-ring (bicyclic) bond motifs is 1. The van der Waals surface area contributed by atoms with E-state index in [9.17, 15) is 10.1 Å². The number of benzene rings is 1. The van der Waals surface area contributed by atoms with E-state index in [-0.39, 0.29) is 11.7 Å². The summed E-state index contributed by atoms with van der Waals surface area (Å²) in [6, 6.07) is 4.83. The van der Waals surface area contributed by atoms with Crippen LogP contribution in [0.4, 0.5) is 5.69 Å². The lowest BCUT2D eigenvalue weighted by Gasteiger charge is -2.21. The molecule has 0 amide bonds. The zero-order chi connectivity index (χ0) is 10.1. The van der Waals surface area contributed by atoms with Gasteiger partial charge in [-0.25, -0.2) is 0 Å². The van der Waals surface area contributed by atoms with Crippen LogP contribution < -0.4 is 10.5 Å². The van der Waals surface area contributed by atoms with E-state index in [0.717, 1.165) is 5.56 Å². The van der Waals surface area contributed by atoms with Gasteiger partial charge in [0.25, 0.3) is 0 Å². The highest BCUT2D eigenvalue weighted by molar-refractivity contribution is 5.52. The van der Waals surface area contributed by atoms with Gasteiger partial charge in [0.2, 0.25) is 0 Å². The van der Waals surface area contributed by atoms with Crippen LogP contribution in [0.1, 0.15) is 5.56 Å². The molecule has 2 rings (SSSR count). The molecular weight excluding hydrogens is 184 g/mol. The second-order valence-electron chi connectivity index (χ2n) is 3.30. The van der Waals surface area contributed by atoms with E-state index >= 15 is 0 Å². The molecule has 0 spiro atoms. The van der Waals surface area contributed by atoms with Crippen LogP contribution >= 0.6 is 0 Å². The standard InChI is InChI=1S/C9H10N2O3/c10-7-4-6-2-1-3-8(11(12)13)9(6)14-5-7/h1-3,7H,4-5,10H2/t7-/m1/s1. The molecule has 1 heterocycles. The van der Waals surface area contributed by atoms with Crippen molar-refractivity contribution in [3.05, 3.63) is 33.9 Å². The fourth-order valence-corrected chi connectivity index (χ4v) is 1.57. The summed E-state index contributed by atoms with van der Waals surface area (Å²) in [6.45, 7) is 0.345. The molecular formula is C9H10N2O3. The van der Waals surface area contributed by atoms with Crippen LogP contribution in [0.3, 0.4) is 0 Å². The first-order valence-electron chi connectivity index (χ1n) is 4.33. The van der Waals surface area contributed by atoms with E-state index in [1.165, 1.54) is 6.07 Å². The van der Waals surface area contributed by atoms with Crippen molar-refractivity contribution in [2.75, 3.05) is 6.61 Å². The summed E-state index contributed by atoms with van der Waals surface area (Å²) >= 11 is 0. The van der Waals surface area contributed by atoms with E-state index < -0.39 is 4.92 Å². The maximum Gasteiger partial charge on any atom is 0.311 e. The summed E-state index contributed by atoms with van der Waals surface area (Å²) in [4.78, 5) is 10.2. The molecule has 0 saturated carbocycles. The van der Waals surface area contributed by atoms with Gasteiger partial charge in [0.15, 0.2) is 5.75 Å². The van der Waals surface area contributed by atoms with Crippen LogP contribution in [0.2, 0.25) is 0 Å². The molecule has 1 aromatic carbocycles. The zero-order valence-corrected chi connectivity index (χ0v) is 7.47. The molecule has 2 N–H and O–H groups in total. The third-order valence-electron chi connectivity index (χ3n) is 2.20. The van der Waals surface area contributed by atoms with Gasteiger partial charge in [0.1, 0.15) is 6.61 Å². The first-order chi connectivity index (χ1) is 6.68. The zero-order valence-electron chi connectivity index (χ0n) is 7.47. The topological polar surface area (TPSA) is 78.4 Å². The minimum atomic E-state index is -0.435. The van der Waals surface area contributed by atoms with Gasteiger partial charge in [-0.1, -0.05) is 12.1 Å². The SMILES string of the molecule is N[C@H]1COc2c(cccc2[N+](=O)[O-])C1. The van der Waals surface area contributed by atoms with Gasteiger partial charge in [0, 0.05) is 17.7 Å². The van der Waals surface area contributed by atoms with E-state index in [0.29, 0.717) is 18.8 Å². The summed E-state index contributed by atoms with van der Waals surface area (Å²) in [7, 11) is 0. The third-order valence-corrected chi connectivity index (χ3v) is 2.20. The molecule has 0 aliphatic carbocycles. The number of hydrogen-bond donors (Lipinski definition) is 1. The number of nitrogens with two attached hydrogens (primary N) is 1. The van der Waals surface area contributed by atoms with Gasteiger partial charge < -0.3 is 10.5 Å². The van der Waals surface area contributed by atoms with Crippen LogP contribution in [0.5, 0.6) is 5.75 Å². The number of rotatable bonds is 1. The highest BCUT2D eigenvalue weighted by Crippen LogP contribution is 2.33. The number of ether oxygens (including phenoxy) is 1. The van der Waals surface area contributed by atoms with Crippen molar-refractivity contribution in [3.8, 4) is 5.75 Å². The number of nitro benzene ring substituents is 1. The Bertz CT molecular complexity index is 378. The van der Waals surface area contributed by atoms with Crippen molar-refractivity contribution in [3.63, 3.8) is 0 Å². The fourth-order valence-electron chi connectivity index (χ4n) is 1.57. The fraction of sp³-hybridized carbons (Fsp3) is 0.333. The molecule has 14 heavy (non-hydrogen) atoms. The molecule has 0 saturated heterocycles. The summed E-state index contributed by atoms with van der Waals surface area (Å²) in [5, 5.41) is 10.6.